The molecule has 3 atom stereocenters. The molecule has 0 aliphatic heterocycles. The van der Waals surface area contributed by atoms with Gasteiger partial charge in [0, 0.05) is 0 Å². The van der Waals surface area contributed by atoms with Crippen LogP contribution in [0.5, 0.6) is 5.75 Å². The maximum Gasteiger partial charge on any atom is 0.118 e. The molecule has 0 aromatic heterocycles. The van der Waals surface area contributed by atoms with Gasteiger partial charge in [-0.3, -0.25) is 0 Å². The largest absolute Gasteiger partial charge is 0.497 e. The monoisotopic (exact) mass is 277 g/mol. The Morgan fingerprint density at radius 2 is 1.95 bits per heavy atom. The van der Waals surface area contributed by atoms with E-state index in [9.17, 15) is 5.11 Å². The Hall–Kier alpha value is -1.06. The summed E-state index contributed by atoms with van der Waals surface area (Å²) < 4.78 is 5.19. The van der Waals surface area contributed by atoms with E-state index in [1.807, 2.05) is 24.3 Å². The average molecular weight is 277 g/mol. The number of benzene rings is 1. The molecule has 0 radical (unpaired) electrons. The molecule has 3 unspecified atom stereocenters. The van der Waals surface area contributed by atoms with E-state index in [-0.39, 0.29) is 5.54 Å². The lowest BCUT2D eigenvalue weighted by Gasteiger charge is -2.48. The lowest BCUT2D eigenvalue weighted by Crippen LogP contribution is -2.52. The molecular weight excluding hydrogens is 250 g/mol. The summed E-state index contributed by atoms with van der Waals surface area (Å²) >= 11 is 0. The second-order valence-corrected chi connectivity index (χ2v) is 6.38. The van der Waals surface area contributed by atoms with Crippen LogP contribution in [0.25, 0.3) is 0 Å². The van der Waals surface area contributed by atoms with Gasteiger partial charge in [-0.2, -0.15) is 0 Å². The molecule has 1 saturated carbocycles. The van der Waals surface area contributed by atoms with Gasteiger partial charge in [-0.15, -0.1) is 0 Å². The van der Waals surface area contributed by atoms with Crippen molar-refractivity contribution < 1.29 is 9.84 Å². The van der Waals surface area contributed by atoms with Crippen LogP contribution in [0.4, 0.5) is 0 Å². The van der Waals surface area contributed by atoms with Crippen molar-refractivity contribution in [2.24, 2.45) is 5.92 Å². The number of aliphatic hydroxyl groups is 1. The summed E-state index contributed by atoms with van der Waals surface area (Å²) in [6.45, 7) is 2.29. The van der Waals surface area contributed by atoms with Crippen LogP contribution < -0.4 is 4.74 Å². The first-order valence-corrected chi connectivity index (χ1v) is 7.49. The van der Waals surface area contributed by atoms with Crippen LogP contribution in [0.15, 0.2) is 24.3 Å². The van der Waals surface area contributed by atoms with Crippen molar-refractivity contribution in [3.05, 3.63) is 29.8 Å². The van der Waals surface area contributed by atoms with Crippen LogP contribution in [0.3, 0.4) is 0 Å². The molecule has 1 N–H and O–H groups in total. The molecular formula is C17H27NO2. The first-order valence-electron chi connectivity index (χ1n) is 7.49. The molecule has 1 aromatic rings. The molecule has 0 amide bonds. The van der Waals surface area contributed by atoms with Crippen LogP contribution in [0, 0.1) is 5.92 Å². The molecule has 1 fully saturated rings. The third-order valence-electron chi connectivity index (χ3n) is 4.84. The maximum absolute atomic E-state index is 11.0. The van der Waals surface area contributed by atoms with E-state index in [1.54, 1.807) is 7.11 Å². The number of rotatable bonds is 4. The van der Waals surface area contributed by atoms with E-state index in [0.29, 0.717) is 5.92 Å². The van der Waals surface area contributed by atoms with Gasteiger partial charge in [0.2, 0.25) is 0 Å². The zero-order chi connectivity index (χ0) is 14.8. The fourth-order valence-corrected chi connectivity index (χ4v) is 3.56. The standard InChI is InChI=1S/C17H27NO2/c1-13-6-5-11-17(12-13,18(2)3)16(19)14-7-9-15(20-4)10-8-14/h7-10,13,16,19H,5-6,11-12H2,1-4H3. The van der Waals surface area contributed by atoms with Gasteiger partial charge in [-0.1, -0.05) is 31.9 Å². The highest BCUT2D eigenvalue weighted by Gasteiger charge is 2.43. The minimum absolute atomic E-state index is 0.147. The quantitative estimate of drug-likeness (QED) is 0.917. The number of nitrogens with zero attached hydrogens (tertiary/aromatic N) is 1. The second-order valence-electron chi connectivity index (χ2n) is 6.38. The summed E-state index contributed by atoms with van der Waals surface area (Å²) in [6.07, 6.45) is 4.11. The van der Waals surface area contributed by atoms with Crippen molar-refractivity contribution in [3.8, 4) is 5.75 Å². The summed E-state index contributed by atoms with van der Waals surface area (Å²) in [5.41, 5.74) is 0.834. The van der Waals surface area contributed by atoms with Gasteiger partial charge < -0.3 is 14.7 Å². The number of ether oxygens (including phenoxy) is 1. The molecule has 0 saturated heterocycles. The molecule has 1 aliphatic rings. The summed E-state index contributed by atoms with van der Waals surface area (Å²) in [6, 6.07) is 7.81. The first-order chi connectivity index (χ1) is 9.49. The SMILES string of the molecule is COc1ccc(C(O)C2(N(C)C)CCCC(C)C2)cc1. The Balaban J connectivity index is 2.28. The fourth-order valence-electron chi connectivity index (χ4n) is 3.56. The molecule has 3 heteroatoms. The van der Waals surface area contributed by atoms with Gasteiger partial charge in [-0.25, -0.2) is 0 Å². The van der Waals surface area contributed by atoms with E-state index < -0.39 is 6.10 Å². The summed E-state index contributed by atoms with van der Waals surface area (Å²) in [5.74, 6) is 1.50. The highest BCUT2D eigenvalue weighted by molar-refractivity contribution is 5.30. The predicted molar refractivity (Wildman–Crippen MR) is 82.0 cm³/mol. The normalized spacial score (nSPS) is 28.4. The molecule has 0 heterocycles. The molecule has 20 heavy (non-hydrogen) atoms. The highest BCUT2D eigenvalue weighted by atomic mass is 16.5. The third kappa shape index (κ3) is 2.84. The van der Waals surface area contributed by atoms with Crippen molar-refractivity contribution in [2.75, 3.05) is 21.2 Å². The average Bonchev–Trinajstić information content (AvgIpc) is 2.46. The lowest BCUT2D eigenvalue weighted by atomic mass is 9.71. The van der Waals surface area contributed by atoms with Crippen molar-refractivity contribution in [1.29, 1.82) is 0 Å². The van der Waals surface area contributed by atoms with E-state index in [2.05, 4.69) is 25.9 Å². The van der Waals surface area contributed by atoms with Gasteiger partial charge in [0.25, 0.3) is 0 Å². The summed E-state index contributed by atoms with van der Waals surface area (Å²) in [4.78, 5) is 2.22. The number of hydrogen-bond acceptors (Lipinski definition) is 3. The van der Waals surface area contributed by atoms with Crippen LogP contribution in [0.2, 0.25) is 0 Å². The Kier molecular flexibility index (Phi) is 4.71. The molecule has 1 aromatic carbocycles. The molecule has 3 nitrogen and oxygen atoms in total. The van der Waals surface area contributed by atoms with E-state index in [1.165, 1.54) is 12.8 Å². The summed E-state index contributed by atoms with van der Waals surface area (Å²) in [7, 11) is 5.84. The predicted octanol–water partition coefficient (Wildman–Crippen LogP) is 3.24. The van der Waals surface area contributed by atoms with Gasteiger partial charge >= 0.3 is 0 Å². The highest BCUT2D eigenvalue weighted by Crippen LogP contribution is 2.44. The van der Waals surface area contributed by atoms with Crippen LogP contribution in [0.1, 0.15) is 44.3 Å². The van der Waals surface area contributed by atoms with Crippen molar-refractivity contribution in [1.82, 2.24) is 4.90 Å². The molecule has 1 aliphatic carbocycles. The van der Waals surface area contributed by atoms with Crippen molar-refractivity contribution in [2.45, 2.75) is 44.2 Å². The number of hydrogen-bond donors (Lipinski definition) is 1. The Morgan fingerprint density at radius 1 is 1.30 bits per heavy atom. The minimum atomic E-state index is -0.453. The van der Waals surface area contributed by atoms with Crippen LogP contribution in [-0.2, 0) is 0 Å². The van der Waals surface area contributed by atoms with Crippen molar-refractivity contribution >= 4 is 0 Å². The second kappa shape index (κ2) is 6.15. The smallest absolute Gasteiger partial charge is 0.118 e. The number of aliphatic hydroxyl groups excluding tert-OH is 1. The zero-order valence-electron chi connectivity index (χ0n) is 13.1. The molecule has 2 rings (SSSR count). The van der Waals surface area contributed by atoms with E-state index in [0.717, 1.165) is 24.2 Å². The minimum Gasteiger partial charge on any atom is -0.497 e. The zero-order valence-corrected chi connectivity index (χ0v) is 13.1. The maximum atomic E-state index is 11.0. The molecule has 0 spiro atoms. The first kappa shape index (κ1) is 15.3. The fraction of sp³-hybridized carbons (Fsp3) is 0.647. The van der Waals surface area contributed by atoms with Crippen LogP contribution >= 0.6 is 0 Å². The number of methoxy groups -OCH3 is 1. The molecule has 112 valence electrons. The molecule has 0 bridgehead atoms. The lowest BCUT2D eigenvalue weighted by molar-refractivity contribution is -0.0451. The van der Waals surface area contributed by atoms with Crippen molar-refractivity contribution in [3.63, 3.8) is 0 Å². The third-order valence-corrected chi connectivity index (χ3v) is 4.84. The van der Waals surface area contributed by atoms with Gasteiger partial charge in [0.1, 0.15) is 5.75 Å². The summed E-state index contributed by atoms with van der Waals surface area (Å²) in [5, 5.41) is 11.0. The van der Waals surface area contributed by atoms with E-state index >= 15 is 0 Å². The van der Waals surface area contributed by atoms with Gasteiger partial charge in [0.05, 0.1) is 18.8 Å². The Morgan fingerprint density at radius 3 is 2.45 bits per heavy atom. The Labute approximate surface area is 122 Å². The Bertz CT molecular complexity index is 429. The van der Waals surface area contributed by atoms with Gasteiger partial charge in [-0.05, 0) is 50.6 Å². The van der Waals surface area contributed by atoms with Gasteiger partial charge in [0.15, 0.2) is 0 Å². The van der Waals surface area contributed by atoms with Crippen LogP contribution in [-0.4, -0.2) is 36.8 Å². The topological polar surface area (TPSA) is 32.7 Å². The number of likely N-dealkylation sites (N-methyl/N-ethyl adjacent to an activating group) is 1. The van der Waals surface area contributed by atoms with E-state index in [4.69, 9.17) is 4.74 Å².